The highest BCUT2D eigenvalue weighted by Crippen LogP contribution is 2.54. The Morgan fingerprint density at radius 2 is 1.27 bits per heavy atom. The smallest absolute Gasteiger partial charge is 0.145 e. The molecule has 2 heterocycles. The molecule has 150 valence electrons. The summed E-state index contributed by atoms with van der Waals surface area (Å²) in [7, 11) is 0. The maximum absolute atomic E-state index is 5.30. The lowest BCUT2D eigenvalue weighted by Gasteiger charge is -2.48. The molecule has 0 N–H and O–H groups in total. The average molecular weight is 393 g/mol. The molecule has 5 rings (SSSR count). The molecule has 0 saturated heterocycles. The number of para-hydroxylation sites is 1. The van der Waals surface area contributed by atoms with Gasteiger partial charge in [-0.2, -0.15) is 0 Å². The summed E-state index contributed by atoms with van der Waals surface area (Å²) in [6, 6.07) is 27.9. The molecule has 2 heteroatoms. The van der Waals surface area contributed by atoms with Crippen molar-refractivity contribution in [2.45, 2.75) is 45.4 Å². The van der Waals surface area contributed by atoms with Crippen LogP contribution in [0.25, 0.3) is 28.3 Å². The summed E-state index contributed by atoms with van der Waals surface area (Å²) < 4.78 is 2.44. The fourth-order valence-electron chi connectivity index (χ4n) is 4.88. The monoisotopic (exact) mass is 392 g/mol. The van der Waals surface area contributed by atoms with Gasteiger partial charge in [-0.25, -0.2) is 4.98 Å². The largest absolute Gasteiger partial charge is 0.295 e. The van der Waals surface area contributed by atoms with E-state index in [1.54, 1.807) is 0 Å². The van der Waals surface area contributed by atoms with Gasteiger partial charge in [0.1, 0.15) is 5.82 Å². The summed E-state index contributed by atoms with van der Waals surface area (Å²) in [6.07, 6.45) is 0. The zero-order chi connectivity index (χ0) is 21.1. The molecule has 0 atom stereocenters. The second-order valence-corrected chi connectivity index (χ2v) is 9.42. The Bertz CT molecular complexity index is 1230. The van der Waals surface area contributed by atoms with Gasteiger partial charge in [-0.3, -0.25) is 4.57 Å². The van der Waals surface area contributed by atoms with Crippen LogP contribution in [-0.4, -0.2) is 9.55 Å². The van der Waals surface area contributed by atoms with Crippen molar-refractivity contribution in [3.63, 3.8) is 0 Å². The quantitative estimate of drug-likeness (QED) is 0.356. The number of aryl methyl sites for hydroxylation is 1. The second kappa shape index (κ2) is 6.43. The van der Waals surface area contributed by atoms with Crippen LogP contribution in [0.5, 0.6) is 0 Å². The third kappa shape index (κ3) is 2.46. The van der Waals surface area contributed by atoms with Crippen LogP contribution < -0.4 is 0 Å². The molecule has 1 aliphatic heterocycles. The van der Waals surface area contributed by atoms with Crippen molar-refractivity contribution in [3.05, 3.63) is 95.7 Å². The van der Waals surface area contributed by atoms with Gasteiger partial charge in [0.25, 0.3) is 0 Å². The summed E-state index contributed by atoms with van der Waals surface area (Å²) in [5.41, 5.74) is 8.49. The molecule has 3 aromatic carbocycles. The van der Waals surface area contributed by atoms with Crippen LogP contribution in [0.2, 0.25) is 0 Å². The fraction of sp³-hybridized carbons (Fsp3) is 0.250. The molecule has 0 spiro atoms. The number of rotatable bonds is 2. The summed E-state index contributed by atoms with van der Waals surface area (Å²) >= 11 is 0. The third-order valence-corrected chi connectivity index (χ3v) is 7.25. The highest BCUT2D eigenvalue weighted by Gasteiger charge is 2.49. The minimum Gasteiger partial charge on any atom is -0.295 e. The summed E-state index contributed by atoms with van der Waals surface area (Å²) in [5.74, 6) is 1.02. The van der Waals surface area contributed by atoms with Crippen molar-refractivity contribution >= 4 is 0 Å². The Hall–Kier alpha value is -3.13. The minimum atomic E-state index is -0.112. The van der Waals surface area contributed by atoms with Crippen molar-refractivity contribution in [3.8, 4) is 28.3 Å². The highest BCUT2D eigenvalue weighted by atomic mass is 15.1. The number of nitrogens with zero attached hydrogens (tertiary/aromatic N) is 2. The Kier molecular flexibility index (Phi) is 4.05. The van der Waals surface area contributed by atoms with Crippen LogP contribution in [0, 0.1) is 6.92 Å². The fourth-order valence-corrected chi connectivity index (χ4v) is 4.88. The molecule has 0 amide bonds. The molecule has 4 aromatic rings. The van der Waals surface area contributed by atoms with E-state index < -0.39 is 0 Å². The van der Waals surface area contributed by atoms with E-state index in [-0.39, 0.29) is 10.8 Å². The molecule has 2 nitrogen and oxygen atoms in total. The van der Waals surface area contributed by atoms with E-state index >= 15 is 0 Å². The predicted octanol–water partition coefficient (Wildman–Crippen LogP) is 7.08. The molecule has 30 heavy (non-hydrogen) atoms. The van der Waals surface area contributed by atoms with Gasteiger partial charge in [0.05, 0.1) is 17.1 Å². The van der Waals surface area contributed by atoms with Crippen molar-refractivity contribution in [2.75, 3.05) is 0 Å². The summed E-state index contributed by atoms with van der Waals surface area (Å²) in [5, 5.41) is 0. The van der Waals surface area contributed by atoms with E-state index in [1.807, 2.05) is 0 Å². The predicted molar refractivity (Wildman–Crippen MR) is 125 cm³/mol. The van der Waals surface area contributed by atoms with Crippen molar-refractivity contribution < 1.29 is 0 Å². The highest BCUT2D eigenvalue weighted by molar-refractivity contribution is 5.75. The molecular weight excluding hydrogens is 364 g/mol. The Morgan fingerprint density at radius 3 is 1.90 bits per heavy atom. The van der Waals surface area contributed by atoms with Gasteiger partial charge in [-0.15, -0.1) is 0 Å². The van der Waals surface area contributed by atoms with Gasteiger partial charge in [0, 0.05) is 22.0 Å². The lowest BCUT2D eigenvalue weighted by Crippen LogP contribution is -2.46. The number of imidazole rings is 1. The Balaban J connectivity index is 1.97. The third-order valence-electron chi connectivity index (χ3n) is 7.25. The maximum atomic E-state index is 5.30. The number of fused-ring (bicyclic) bond motifs is 3. The van der Waals surface area contributed by atoms with Gasteiger partial charge < -0.3 is 0 Å². The molecule has 0 aliphatic carbocycles. The van der Waals surface area contributed by atoms with E-state index in [4.69, 9.17) is 4.98 Å². The van der Waals surface area contributed by atoms with Gasteiger partial charge in [0.15, 0.2) is 0 Å². The van der Waals surface area contributed by atoms with Crippen LogP contribution >= 0.6 is 0 Å². The first-order valence-electron chi connectivity index (χ1n) is 10.7. The molecule has 0 saturated carbocycles. The number of hydrogen-bond acceptors (Lipinski definition) is 1. The van der Waals surface area contributed by atoms with E-state index in [1.165, 1.54) is 28.1 Å². The lowest BCUT2D eigenvalue weighted by atomic mass is 9.59. The number of aromatic nitrogens is 2. The van der Waals surface area contributed by atoms with Gasteiger partial charge in [-0.05, 0) is 18.1 Å². The molecule has 1 aromatic heterocycles. The summed E-state index contributed by atoms with van der Waals surface area (Å²) in [6.45, 7) is 11.7. The molecule has 0 radical (unpaired) electrons. The van der Waals surface area contributed by atoms with E-state index in [9.17, 15) is 0 Å². The average Bonchev–Trinajstić information content (AvgIpc) is 3.15. The summed E-state index contributed by atoms with van der Waals surface area (Å²) in [4.78, 5) is 5.30. The van der Waals surface area contributed by atoms with Crippen LogP contribution in [0.4, 0.5) is 0 Å². The van der Waals surface area contributed by atoms with Crippen molar-refractivity contribution in [1.82, 2.24) is 9.55 Å². The number of hydrogen-bond donors (Lipinski definition) is 0. The zero-order valence-electron chi connectivity index (χ0n) is 18.4. The second-order valence-electron chi connectivity index (χ2n) is 9.42. The van der Waals surface area contributed by atoms with Gasteiger partial charge >= 0.3 is 0 Å². The van der Waals surface area contributed by atoms with E-state index in [2.05, 4.69) is 118 Å². The lowest BCUT2D eigenvalue weighted by molar-refractivity contribution is 0.280. The molecule has 0 fully saturated rings. The van der Waals surface area contributed by atoms with Crippen LogP contribution in [0.15, 0.2) is 78.9 Å². The van der Waals surface area contributed by atoms with Gasteiger partial charge in [-0.1, -0.05) is 107 Å². The first kappa shape index (κ1) is 18.9. The SMILES string of the molecule is Cc1cccc2c1-n1c(-c3ccccc3)nc(-c3ccccc3)c1C(C)(C)C2(C)C. The topological polar surface area (TPSA) is 17.8 Å². The zero-order valence-corrected chi connectivity index (χ0v) is 18.4. The first-order valence-corrected chi connectivity index (χ1v) is 10.7. The normalized spacial score (nSPS) is 16.0. The molecule has 1 aliphatic rings. The Morgan fingerprint density at radius 1 is 0.667 bits per heavy atom. The van der Waals surface area contributed by atoms with Crippen LogP contribution in [0.3, 0.4) is 0 Å². The van der Waals surface area contributed by atoms with Crippen molar-refractivity contribution in [2.24, 2.45) is 0 Å². The maximum Gasteiger partial charge on any atom is 0.145 e. The molecule has 0 bridgehead atoms. The Labute approximate surface area is 179 Å². The van der Waals surface area contributed by atoms with Crippen LogP contribution in [-0.2, 0) is 10.8 Å². The molecule has 0 unspecified atom stereocenters. The molecular formula is C28H28N2. The minimum absolute atomic E-state index is 0.0398. The first-order chi connectivity index (χ1) is 14.3. The standard InChI is InChI=1S/C28H28N2/c1-19-13-12-18-22-24(19)30-25(28(4,5)27(22,2)3)23(20-14-8-6-9-15-20)29-26(30)21-16-10-7-11-17-21/h6-18H,1-5H3. The van der Waals surface area contributed by atoms with E-state index in [0.29, 0.717) is 0 Å². The van der Waals surface area contributed by atoms with Crippen LogP contribution in [0.1, 0.15) is 44.5 Å². The van der Waals surface area contributed by atoms with Crippen molar-refractivity contribution in [1.29, 1.82) is 0 Å². The van der Waals surface area contributed by atoms with E-state index in [0.717, 1.165) is 17.1 Å². The number of benzene rings is 3. The van der Waals surface area contributed by atoms with Gasteiger partial charge in [0.2, 0.25) is 0 Å².